The SMILES string of the molecule is O=C1c2snnc2CN1c1ccc(SC(F)F)cc1. The lowest BCUT2D eigenvalue weighted by molar-refractivity contribution is 0.1000. The van der Waals surface area contributed by atoms with Crippen molar-refractivity contribution < 1.29 is 13.6 Å². The molecule has 3 rings (SSSR count). The normalized spacial score (nSPS) is 14.3. The number of anilines is 1. The largest absolute Gasteiger partial charge is 0.301 e. The van der Waals surface area contributed by atoms with Crippen molar-refractivity contribution in [2.45, 2.75) is 17.2 Å². The molecule has 1 amide bonds. The average molecular weight is 299 g/mol. The Kier molecular flexibility index (Phi) is 3.19. The van der Waals surface area contributed by atoms with Gasteiger partial charge in [-0.2, -0.15) is 8.78 Å². The lowest BCUT2D eigenvalue weighted by atomic mass is 10.3. The molecule has 0 atom stereocenters. The Hall–Kier alpha value is -1.54. The number of carbonyl (C=O) groups is 1. The Labute approximate surface area is 115 Å². The summed E-state index contributed by atoms with van der Waals surface area (Å²) in [7, 11) is 0. The summed E-state index contributed by atoms with van der Waals surface area (Å²) in [6.45, 7) is 0.381. The molecule has 4 nitrogen and oxygen atoms in total. The van der Waals surface area contributed by atoms with Crippen LogP contribution in [0.4, 0.5) is 14.5 Å². The second-order valence-electron chi connectivity index (χ2n) is 3.81. The second-order valence-corrected chi connectivity index (χ2v) is 5.63. The number of benzene rings is 1. The van der Waals surface area contributed by atoms with Crippen molar-refractivity contribution in [2.75, 3.05) is 4.90 Å². The molecule has 1 aliphatic rings. The monoisotopic (exact) mass is 299 g/mol. The zero-order valence-corrected chi connectivity index (χ0v) is 11.0. The van der Waals surface area contributed by atoms with Gasteiger partial charge in [0.15, 0.2) is 0 Å². The van der Waals surface area contributed by atoms with E-state index in [1.807, 2.05) is 0 Å². The molecule has 0 spiro atoms. The maximum Gasteiger partial charge on any atom is 0.288 e. The third-order valence-corrected chi connectivity index (χ3v) is 4.16. The van der Waals surface area contributed by atoms with Gasteiger partial charge in [0.25, 0.3) is 11.7 Å². The van der Waals surface area contributed by atoms with Gasteiger partial charge in [-0.1, -0.05) is 16.3 Å². The molecular formula is C11H7F2N3OS2. The number of thioether (sulfide) groups is 1. The first kappa shape index (κ1) is 12.5. The number of hydrogen-bond donors (Lipinski definition) is 0. The molecule has 0 radical (unpaired) electrons. The number of carbonyl (C=O) groups excluding carboxylic acids is 1. The van der Waals surface area contributed by atoms with E-state index in [1.54, 1.807) is 29.2 Å². The molecule has 0 N–H and O–H groups in total. The van der Waals surface area contributed by atoms with Crippen molar-refractivity contribution >= 4 is 34.9 Å². The number of hydrogen-bond acceptors (Lipinski definition) is 5. The van der Waals surface area contributed by atoms with Crippen LogP contribution in [0.25, 0.3) is 0 Å². The van der Waals surface area contributed by atoms with Crippen molar-refractivity contribution in [1.82, 2.24) is 9.59 Å². The molecule has 1 aromatic heterocycles. The first-order chi connectivity index (χ1) is 9.15. The van der Waals surface area contributed by atoms with Gasteiger partial charge in [-0.05, 0) is 35.8 Å². The van der Waals surface area contributed by atoms with E-state index in [1.165, 1.54) is 0 Å². The molecule has 0 aliphatic carbocycles. The van der Waals surface area contributed by atoms with E-state index in [2.05, 4.69) is 9.59 Å². The molecule has 2 heterocycles. The lowest BCUT2D eigenvalue weighted by Crippen LogP contribution is -2.22. The van der Waals surface area contributed by atoms with E-state index >= 15 is 0 Å². The molecule has 19 heavy (non-hydrogen) atoms. The number of amides is 1. The van der Waals surface area contributed by atoms with Gasteiger partial charge < -0.3 is 4.90 Å². The van der Waals surface area contributed by atoms with Crippen LogP contribution in [-0.4, -0.2) is 21.3 Å². The van der Waals surface area contributed by atoms with Crippen molar-refractivity contribution in [1.29, 1.82) is 0 Å². The molecule has 8 heteroatoms. The van der Waals surface area contributed by atoms with E-state index in [9.17, 15) is 13.6 Å². The average Bonchev–Trinajstić information content (AvgIpc) is 2.93. The van der Waals surface area contributed by atoms with Gasteiger partial charge in [0.05, 0.1) is 6.54 Å². The van der Waals surface area contributed by atoms with Crippen molar-refractivity contribution in [3.63, 3.8) is 0 Å². The van der Waals surface area contributed by atoms with E-state index in [4.69, 9.17) is 0 Å². The summed E-state index contributed by atoms with van der Waals surface area (Å²) in [4.78, 5) is 14.6. The number of alkyl halides is 2. The van der Waals surface area contributed by atoms with Gasteiger partial charge in [0.2, 0.25) is 0 Å². The standard InChI is InChI=1S/C11H7F2N3OS2/c12-11(13)18-7-3-1-6(2-4-7)16-5-8-9(10(16)17)19-15-14-8/h1-4,11H,5H2. The highest BCUT2D eigenvalue weighted by molar-refractivity contribution is 7.99. The summed E-state index contributed by atoms with van der Waals surface area (Å²) in [6.07, 6.45) is 0. The van der Waals surface area contributed by atoms with Gasteiger partial charge in [-0.25, -0.2) is 0 Å². The number of halogens is 2. The number of nitrogens with zero attached hydrogens (tertiary/aromatic N) is 3. The lowest BCUT2D eigenvalue weighted by Gasteiger charge is -2.15. The van der Waals surface area contributed by atoms with Crippen LogP contribution in [0.5, 0.6) is 0 Å². The smallest absolute Gasteiger partial charge is 0.288 e. The summed E-state index contributed by atoms with van der Waals surface area (Å²) in [5, 5.41) is 3.88. The fourth-order valence-electron chi connectivity index (χ4n) is 1.83. The molecule has 1 aromatic carbocycles. The molecule has 0 saturated heterocycles. The van der Waals surface area contributed by atoms with Gasteiger partial charge in [-0.15, -0.1) is 5.10 Å². The van der Waals surface area contributed by atoms with E-state index in [0.29, 0.717) is 39.5 Å². The van der Waals surface area contributed by atoms with E-state index in [-0.39, 0.29) is 5.91 Å². The maximum atomic E-state index is 12.2. The Balaban J connectivity index is 1.81. The van der Waals surface area contributed by atoms with Crippen molar-refractivity contribution in [2.24, 2.45) is 0 Å². The van der Waals surface area contributed by atoms with E-state index in [0.717, 1.165) is 11.5 Å². The molecular weight excluding hydrogens is 292 g/mol. The van der Waals surface area contributed by atoms with Crippen LogP contribution < -0.4 is 4.90 Å². The van der Waals surface area contributed by atoms with Gasteiger partial charge in [0, 0.05) is 10.6 Å². The highest BCUT2D eigenvalue weighted by atomic mass is 32.2. The van der Waals surface area contributed by atoms with Crippen LogP contribution in [0.3, 0.4) is 0 Å². The zero-order valence-electron chi connectivity index (χ0n) is 9.42. The Bertz CT molecular complexity index is 615. The zero-order chi connectivity index (χ0) is 13.4. The summed E-state index contributed by atoms with van der Waals surface area (Å²) in [5.41, 5.74) is 1.34. The van der Waals surface area contributed by atoms with E-state index < -0.39 is 5.76 Å². The van der Waals surface area contributed by atoms with Crippen LogP contribution in [0, 0.1) is 0 Å². The van der Waals surface area contributed by atoms with Gasteiger partial charge in [-0.3, -0.25) is 4.79 Å². The third kappa shape index (κ3) is 2.33. The minimum atomic E-state index is -2.44. The number of rotatable bonds is 3. The van der Waals surface area contributed by atoms with Crippen LogP contribution in [0.15, 0.2) is 29.2 Å². The quantitative estimate of drug-likeness (QED) is 0.817. The first-order valence-electron chi connectivity index (χ1n) is 5.33. The molecule has 98 valence electrons. The molecule has 2 aromatic rings. The minimum absolute atomic E-state index is 0.140. The Morgan fingerprint density at radius 3 is 2.68 bits per heavy atom. The summed E-state index contributed by atoms with van der Waals surface area (Å²) >= 11 is 1.56. The minimum Gasteiger partial charge on any atom is -0.301 e. The van der Waals surface area contributed by atoms with Gasteiger partial charge in [0.1, 0.15) is 10.6 Å². The third-order valence-electron chi connectivity index (χ3n) is 2.68. The van der Waals surface area contributed by atoms with Gasteiger partial charge >= 0.3 is 0 Å². The van der Waals surface area contributed by atoms with Crippen LogP contribution in [0.2, 0.25) is 0 Å². The second kappa shape index (κ2) is 4.86. The number of aromatic nitrogens is 2. The predicted octanol–water partition coefficient (Wildman–Crippen LogP) is 3.01. The topological polar surface area (TPSA) is 46.1 Å². The fourth-order valence-corrected chi connectivity index (χ4v) is 2.95. The predicted molar refractivity (Wildman–Crippen MR) is 68.7 cm³/mol. The first-order valence-corrected chi connectivity index (χ1v) is 6.98. The molecule has 1 aliphatic heterocycles. The van der Waals surface area contributed by atoms with Crippen molar-refractivity contribution in [3.8, 4) is 0 Å². The number of fused-ring (bicyclic) bond motifs is 1. The highest BCUT2D eigenvalue weighted by Gasteiger charge is 2.32. The summed E-state index contributed by atoms with van der Waals surface area (Å²) < 4.78 is 28.1. The maximum absolute atomic E-state index is 12.2. The molecule has 0 bridgehead atoms. The Morgan fingerprint density at radius 1 is 1.32 bits per heavy atom. The highest BCUT2D eigenvalue weighted by Crippen LogP contribution is 2.31. The van der Waals surface area contributed by atoms with Crippen LogP contribution in [0.1, 0.15) is 15.4 Å². The van der Waals surface area contributed by atoms with Crippen LogP contribution in [-0.2, 0) is 6.54 Å². The molecule has 0 unspecified atom stereocenters. The fraction of sp³-hybridized carbons (Fsp3) is 0.182. The molecule has 0 fully saturated rings. The van der Waals surface area contributed by atoms with Crippen molar-refractivity contribution in [3.05, 3.63) is 34.8 Å². The summed E-state index contributed by atoms with van der Waals surface area (Å²) in [6, 6.07) is 6.48. The van der Waals surface area contributed by atoms with Crippen LogP contribution >= 0.6 is 23.3 Å². The molecule has 0 saturated carbocycles. The summed E-state index contributed by atoms with van der Waals surface area (Å²) in [5.74, 6) is -2.58. The Morgan fingerprint density at radius 2 is 2.05 bits per heavy atom.